The van der Waals surface area contributed by atoms with Gasteiger partial charge < -0.3 is 5.32 Å². The van der Waals surface area contributed by atoms with E-state index in [1.807, 2.05) is 12.3 Å². The lowest BCUT2D eigenvalue weighted by Gasteiger charge is -2.39. The van der Waals surface area contributed by atoms with Gasteiger partial charge in [-0.15, -0.1) is 0 Å². The third-order valence-electron chi connectivity index (χ3n) is 3.03. The van der Waals surface area contributed by atoms with Gasteiger partial charge in [-0.05, 0) is 26.2 Å². The molecule has 100 valence electrons. The van der Waals surface area contributed by atoms with Gasteiger partial charge in [0.25, 0.3) is 0 Å². The summed E-state index contributed by atoms with van der Waals surface area (Å²) in [6, 6.07) is 0.893. The first-order valence-electron chi connectivity index (χ1n) is 5.53. The van der Waals surface area contributed by atoms with Crippen LogP contribution < -0.4 is 16.6 Å². The number of hydrogen-bond acceptors (Lipinski definition) is 5. The van der Waals surface area contributed by atoms with E-state index in [1.165, 1.54) is 0 Å². The molecule has 0 unspecified atom stereocenters. The topological polar surface area (TPSA) is 75.9 Å². The minimum atomic E-state index is -4.52. The van der Waals surface area contributed by atoms with Gasteiger partial charge in [-0.3, -0.25) is 5.43 Å². The van der Waals surface area contributed by atoms with Crippen LogP contribution in [0.4, 0.5) is 24.9 Å². The minimum absolute atomic E-state index is 0.132. The van der Waals surface area contributed by atoms with Crippen LogP contribution in [0.3, 0.4) is 0 Å². The van der Waals surface area contributed by atoms with Crippen molar-refractivity contribution in [2.75, 3.05) is 10.7 Å². The van der Waals surface area contributed by atoms with Gasteiger partial charge in [0, 0.05) is 11.6 Å². The zero-order valence-corrected chi connectivity index (χ0v) is 9.80. The second-order valence-electron chi connectivity index (χ2n) is 4.64. The Morgan fingerprint density at radius 1 is 1.33 bits per heavy atom. The van der Waals surface area contributed by atoms with Crippen LogP contribution in [-0.4, -0.2) is 15.5 Å². The van der Waals surface area contributed by atoms with Crippen molar-refractivity contribution in [3.05, 3.63) is 11.8 Å². The third kappa shape index (κ3) is 2.63. The first-order valence-corrected chi connectivity index (χ1v) is 5.53. The molecule has 0 aliphatic heterocycles. The number of nitrogens with one attached hydrogen (secondary N) is 2. The van der Waals surface area contributed by atoms with Crippen LogP contribution in [0.5, 0.6) is 0 Å². The molecule has 1 saturated carbocycles. The van der Waals surface area contributed by atoms with E-state index in [4.69, 9.17) is 5.84 Å². The highest BCUT2D eigenvalue weighted by atomic mass is 19.4. The van der Waals surface area contributed by atoms with E-state index in [9.17, 15) is 13.2 Å². The van der Waals surface area contributed by atoms with Gasteiger partial charge in [-0.25, -0.2) is 10.8 Å². The molecule has 0 saturated heterocycles. The van der Waals surface area contributed by atoms with Crippen LogP contribution in [0.2, 0.25) is 0 Å². The molecule has 0 aromatic carbocycles. The first kappa shape index (κ1) is 12.9. The maximum absolute atomic E-state index is 12.6. The molecule has 0 amide bonds. The van der Waals surface area contributed by atoms with E-state index in [1.54, 1.807) is 0 Å². The van der Waals surface area contributed by atoms with E-state index in [2.05, 4.69) is 15.3 Å². The van der Waals surface area contributed by atoms with E-state index < -0.39 is 11.9 Å². The smallest absolute Gasteiger partial charge is 0.365 e. The van der Waals surface area contributed by atoms with Gasteiger partial charge in [0.05, 0.1) is 0 Å². The number of halogens is 3. The van der Waals surface area contributed by atoms with Crippen molar-refractivity contribution in [3.63, 3.8) is 0 Å². The number of nitrogens with zero attached hydrogens (tertiary/aromatic N) is 2. The van der Waals surface area contributed by atoms with Crippen LogP contribution in [0.1, 0.15) is 31.9 Å². The molecule has 0 atom stereocenters. The fourth-order valence-electron chi connectivity index (χ4n) is 1.86. The molecular weight excluding hydrogens is 247 g/mol. The molecule has 18 heavy (non-hydrogen) atoms. The third-order valence-corrected chi connectivity index (χ3v) is 3.03. The summed E-state index contributed by atoms with van der Waals surface area (Å²) in [5, 5.41) is 3.00. The second-order valence-corrected chi connectivity index (χ2v) is 4.64. The van der Waals surface area contributed by atoms with Crippen LogP contribution in [0.15, 0.2) is 6.07 Å². The molecular formula is C10H14F3N5. The summed E-state index contributed by atoms with van der Waals surface area (Å²) in [6.45, 7) is 1.95. The first-order chi connectivity index (χ1) is 8.32. The predicted octanol–water partition coefficient (Wildman–Crippen LogP) is 2.14. The Labute approximate surface area is 102 Å². The number of rotatable bonds is 3. The molecule has 1 aromatic heterocycles. The molecule has 8 heteroatoms. The Morgan fingerprint density at radius 2 is 2.00 bits per heavy atom. The van der Waals surface area contributed by atoms with E-state index in [-0.39, 0.29) is 17.3 Å². The van der Waals surface area contributed by atoms with Gasteiger partial charge in [0.1, 0.15) is 5.82 Å². The Kier molecular flexibility index (Phi) is 3.05. The molecule has 0 bridgehead atoms. The number of hydrazine groups is 1. The number of anilines is 2. The summed E-state index contributed by atoms with van der Waals surface area (Å²) in [5.41, 5.74) is 0.830. The SMILES string of the molecule is CC1(Nc2cc(C(F)(F)F)nc(NN)n2)CCC1. The Bertz CT molecular complexity index is 442. The standard InChI is InChI=1S/C10H14F3N5/c1-9(3-2-4-9)17-7-5-6(10(11,12)13)15-8(16-7)18-14/h5H,2-4,14H2,1H3,(H2,15,16,17,18). The fourth-order valence-corrected chi connectivity index (χ4v) is 1.86. The highest BCUT2D eigenvalue weighted by molar-refractivity contribution is 5.45. The molecule has 0 spiro atoms. The summed E-state index contributed by atoms with van der Waals surface area (Å²) in [7, 11) is 0. The van der Waals surface area contributed by atoms with Crippen LogP contribution in [0, 0.1) is 0 Å². The van der Waals surface area contributed by atoms with Crippen molar-refractivity contribution in [1.29, 1.82) is 0 Å². The van der Waals surface area contributed by atoms with Gasteiger partial charge in [-0.2, -0.15) is 18.2 Å². The van der Waals surface area contributed by atoms with Crippen molar-refractivity contribution in [3.8, 4) is 0 Å². The summed E-state index contributed by atoms with van der Waals surface area (Å²) >= 11 is 0. The lowest BCUT2D eigenvalue weighted by Crippen LogP contribution is -2.42. The number of nitrogens with two attached hydrogens (primary N) is 1. The zero-order chi connectivity index (χ0) is 13.4. The van der Waals surface area contributed by atoms with Gasteiger partial charge in [0.15, 0.2) is 5.69 Å². The zero-order valence-electron chi connectivity index (χ0n) is 9.80. The highest BCUT2D eigenvalue weighted by Gasteiger charge is 2.36. The molecule has 0 radical (unpaired) electrons. The van der Waals surface area contributed by atoms with Gasteiger partial charge in [0.2, 0.25) is 5.95 Å². The Hall–Kier alpha value is -1.57. The van der Waals surface area contributed by atoms with Crippen LogP contribution in [-0.2, 0) is 6.18 Å². The largest absolute Gasteiger partial charge is 0.433 e. The summed E-state index contributed by atoms with van der Waals surface area (Å²) in [4.78, 5) is 7.16. The summed E-state index contributed by atoms with van der Waals surface area (Å²) in [5.74, 6) is 4.95. The average Bonchev–Trinajstić information content (AvgIpc) is 2.25. The van der Waals surface area contributed by atoms with Crippen LogP contribution >= 0.6 is 0 Å². The highest BCUT2D eigenvalue weighted by Crippen LogP contribution is 2.35. The minimum Gasteiger partial charge on any atom is -0.365 e. The monoisotopic (exact) mass is 261 g/mol. The summed E-state index contributed by atoms with van der Waals surface area (Å²) < 4.78 is 37.9. The quantitative estimate of drug-likeness (QED) is 0.574. The fraction of sp³-hybridized carbons (Fsp3) is 0.600. The van der Waals surface area contributed by atoms with E-state index in [0.29, 0.717) is 0 Å². The molecule has 1 aliphatic carbocycles. The lowest BCUT2D eigenvalue weighted by atomic mass is 9.78. The molecule has 5 nitrogen and oxygen atoms in total. The molecule has 2 rings (SSSR count). The predicted molar refractivity (Wildman–Crippen MR) is 60.7 cm³/mol. The molecule has 1 aromatic rings. The Morgan fingerprint density at radius 3 is 2.44 bits per heavy atom. The van der Waals surface area contributed by atoms with Gasteiger partial charge in [-0.1, -0.05) is 0 Å². The maximum Gasteiger partial charge on any atom is 0.433 e. The number of nitrogen functional groups attached to an aromatic ring is 1. The summed E-state index contributed by atoms with van der Waals surface area (Å²) in [6.07, 6.45) is -1.65. The number of aromatic nitrogens is 2. The van der Waals surface area contributed by atoms with Crippen molar-refractivity contribution >= 4 is 11.8 Å². The molecule has 4 N–H and O–H groups in total. The van der Waals surface area contributed by atoms with Crippen molar-refractivity contribution in [1.82, 2.24) is 9.97 Å². The van der Waals surface area contributed by atoms with E-state index in [0.717, 1.165) is 25.3 Å². The lowest BCUT2D eigenvalue weighted by molar-refractivity contribution is -0.141. The number of alkyl halides is 3. The average molecular weight is 261 g/mol. The second kappa shape index (κ2) is 4.27. The maximum atomic E-state index is 12.6. The normalized spacial score (nSPS) is 18.1. The van der Waals surface area contributed by atoms with Crippen molar-refractivity contribution in [2.45, 2.75) is 37.9 Å². The Balaban J connectivity index is 2.29. The number of hydrogen-bond donors (Lipinski definition) is 3. The molecule has 1 aliphatic rings. The van der Waals surface area contributed by atoms with Gasteiger partial charge >= 0.3 is 6.18 Å². The van der Waals surface area contributed by atoms with Crippen molar-refractivity contribution in [2.24, 2.45) is 5.84 Å². The van der Waals surface area contributed by atoms with Crippen molar-refractivity contribution < 1.29 is 13.2 Å². The molecule has 1 heterocycles. The van der Waals surface area contributed by atoms with E-state index >= 15 is 0 Å². The van der Waals surface area contributed by atoms with Crippen LogP contribution in [0.25, 0.3) is 0 Å². The molecule has 1 fully saturated rings.